The number of hydrogen-bond acceptors (Lipinski definition) is 7. The highest BCUT2D eigenvalue weighted by Crippen LogP contribution is 2.30. The van der Waals surface area contributed by atoms with E-state index in [1.807, 2.05) is 29.2 Å². The highest BCUT2D eigenvalue weighted by atomic mass is 19.4. The van der Waals surface area contributed by atoms with Gasteiger partial charge in [-0.15, -0.1) is 0 Å². The number of carbonyl (C=O) groups is 3. The number of aromatic nitrogens is 2. The number of benzene rings is 1. The number of anilines is 1. The summed E-state index contributed by atoms with van der Waals surface area (Å²) in [5.74, 6) is -2.85. The number of fused-ring (bicyclic) bond motifs is 1. The zero-order chi connectivity index (χ0) is 30.8. The third-order valence-electron chi connectivity index (χ3n) is 7.89. The first-order chi connectivity index (χ1) is 21.2. The van der Waals surface area contributed by atoms with Crippen LogP contribution >= 0.6 is 0 Å². The Labute approximate surface area is 251 Å². The Hall–Kier alpha value is -4.65. The van der Waals surface area contributed by atoms with Crippen LogP contribution in [0.5, 0.6) is 0 Å². The Morgan fingerprint density at radius 2 is 1.77 bits per heavy atom. The first kappa shape index (κ1) is 29.4. The van der Waals surface area contributed by atoms with Gasteiger partial charge in [0, 0.05) is 62.2 Å². The number of amides is 2. The third-order valence-corrected chi connectivity index (χ3v) is 7.89. The van der Waals surface area contributed by atoms with Crippen LogP contribution < -0.4 is 15.1 Å². The minimum absolute atomic E-state index is 0.00695. The number of morpholine rings is 1. The summed E-state index contributed by atoms with van der Waals surface area (Å²) in [7, 11) is 0. The lowest BCUT2D eigenvalue weighted by Crippen LogP contribution is -2.37. The zero-order valence-electron chi connectivity index (χ0n) is 23.7. The Morgan fingerprint density at radius 1 is 1.00 bits per heavy atom. The molecule has 230 valence electrons. The Balaban J connectivity index is 1.33. The van der Waals surface area contributed by atoms with Crippen LogP contribution in [-0.4, -0.2) is 84.5 Å². The average Bonchev–Trinajstić information content (AvgIpc) is 3.70. The van der Waals surface area contributed by atoms with Crippen LogP contribution in [0.2, 0.25) is 0 Å². The lowest BCUT2D eigenvalue weighted by molar-refractivity contribution is -0.199. The number of nitrogens with zero attached hydrogens (tertiary/aromatic N) is 4. The number of hydrogen-bond donors (Lipinski definition) is 1. The number of halogens is 3. The van der Waals surface area contributed by atoms with E-state index in [9.17, 15) is 27.6 Å². The van der Waals surface area contributed by atoms with Crippen molar-refractivity contribution >= 4 is 35.6 Å². The summed E-state index contributed by atoms with van der Waals surface area (Å²) in [4.78, 5) is 50.5. The van der Waals surface area contributed by atoms with Gasteiger partial charge >= 0.3 is 12.1 Å². The van der Waals surface area contributed by atoms with Gasteiger partial charge in [0.25, 0.3) is 11.8 Å². The van der Waals surface area contributed by atoms with Gasteiger partial charge in [0.1, 0.15) is 0 Å². The number of ether oxygens (including phenoxy) is 1. The van der Waals surface area contributed by atoms with Crippen molar-refractivity contribution in [2.45, 2.75) is 25.4 Å². The molecule has 2 amide bonds. The van der Waals surface area contributed by atoms with E-state index in [-0.39, 0.29) is 35.8 Å². The fourth-order valence-corrected chi connectivity index (χ4v) is 5.67. The zero-order valence-corrected chi connectivity index (χ0v) is 23.7. The van der Waals surface area contributed by atoms with Crippen LogP contribution in [0.4, 0.5) is 18.9 Å². The summed E-state index contributed by atoms with van der Waals surface area (Å²) < 4.78 is 45.6. The molecule has 0 aliphatic carbocycles. The largest absolute Gasteiger partial charge is 0.493 e. The first-order valence-corrected chi connectivity index (χ1v) is 14.4. The topological polar surface area (TPSA) is 106 Å². The van der Waals surface area contributed by atoms with Crippen LogP contribution in [0.1, 0.15) is 50.5 Å². The smallest absolute Gasteiger partial charge is 0.378 e. The molecule has 0 atom stereocenters. The molecule has 3 aromatic rings. The van der Waals surface area contributed by atoms with Gasteiger partial charge in [-0.05, 0) is 54.8 Å². The highest BCUT2D eigenvalue weighted by molar-refractivity contribution is 5.98. The second-order valence-electron chi connectivity index (χ2n) is 10.7. The molecule has 1 aromatic carbocycles. The maximum Gasteiger partial charge on any atom is 0.493 e. The fourth-order valence-electron chi connectivity index (χ4n) is 5.67. The number of alkyl halides is 3. The van der Waals surface area contributed by atoms with Crippen LogP contribution in [-0.2, 0) is 16.0 Å². The molecule has 0 bridgehead atoms. The second kappa shape index (κ2) is 12.2. The molecule has 0 spiro atoms. The number of likely N-dealkylation sites (tertiary alicyclic amines) is 1. The maximum absolute atomic E-state index is 13.1. The molecule has 2 fully saturated rings. The molecule has 6 rings (SSSR count). The normalized spacial score (nSPS) is 17.1. The third kappa shape index (κ3) is 6.05. The van der Waals surface area contributed by atoms with E-state index < -0.39 is 18.1 Å². The van der Waals surface area contributed by atoms with E-state index in [4.69, 9.17) is 9.57 Å². The molecule has 0 saturated carbocycles. The van der Waals surface area contributed by atoms with Gasteiger partial charge in [0.05, 0.1) is 35.9 Å². The van der Waals surface area contributed by atoms with E-state index in [0.29, 0.717) is 43.1 Å². The summed E-state index contributed by atoms with van der Waals surface area (Å²) in [5, 5.41) is 2.65. The molecule has 44 heavy (non-hydrogen) atoms. The molecule has 2 saturated heterocycles. The van der Waals surface area contributed by atoms with Crippen molar-refractivity contribution in [1.29, 1.82) is 0 Å². The average molecular weight is 610 g/mol. The monoisotopic (exact) mass is 609 g/mol. The van der Waals surface area contributed by atoms with Crippen molar-refractivity contribution in [2.24, 2.45) is 0 Å². The van der Waals surface area contributed by atoms with Crippen molar-refractivity contribution in [2.75, 3.05) is 50.8 Å². The summed E-state index contributed by atoms with van der Waals surface area (Å²) >= 11 is 0. The highest BCUT2D eigenvalue weighted by Gasteiger charge is 2.43. The molecular weight excluding hydrogens is 579 g/mol. The first-order valence-electron chi connectivity index (χ1n) is 14.4. The van der Waals surface area contributed by atoms with Crippen LogP contribution in [0, 0.1) is 0 Å². The molecule has 0 radical (unpaired) electrons. The minimum Gasteiger partial charge on any atom is -0.378 e. The predicted molar refractivity (Wildman–Crippen MR) is 155 cm³/mol. The summed E-state index contributed by atoms with van der Waals surface area (Å²) in [6.45, 7) is 4.17. The maximum atomic E-state index is 13.1. The van der Waals surface area contributed by atoms with E-state index in [1.165, 1.54) is 12.3 Å². The number of rotatable bonds is 6. The van der Waals surface area contributed by atoms with Crippen molar-refractivity contribution in [3.05, 3.63) is 70.7 Å². The van der Waals surface area contributed by atoms with Crippen LogP contribution in [0.15, 0.2) is 42.6 Å². The number of pyridine rings is 1. The van der Waals surface area contributed by atoms with Crippen LogP contribution in [0.25, 0.3) is 23.4 Å². The quantitative estimate of drug-likeness (QED) is 0.456. The minimum atomic E-state index is -5.22. The van der Waals surface area contributed by atoms with Crippen molar-refractivity contribution in [3.63, 3.8) is 0 Å². The van der Waals surface area contributed by atoms with Gasteiger partial charge in [0.2, 0.25) is 0 Å². The summed E-state index contributed by atoms with van der Waals surface area (Å²) in [5.41, 5.74) is 3.65. The molecule has 1 N–H and O–H groups in total. The van der Waals surface area contributed by atoms with E-state index >= 15 is 0 Å². The van der Waals surface area contributed by atoms with Gasteiger partial charge in [-0.1, -0.05) is 12.1 Å². The van der Waals surface area contributed by atoms with E-state index in [2.05, 4.69) is 15.2 Å². The van der Waals surface area contributed by atoms with Crippen LogP contribution in [0.3, 0.4) is 0 Å². The van der Waals surface area contributed by atoms with E-state index in [1.54, 1.807) is 18.2 Å². The molecule has 5 heterocycles. The number of carbonyl (C=O) groups excluding carboxylic acids is 3. The predicted octanol–water partition coefficient (Wildman–Crippen LogP) is 3.60. The molecule has 3 aliphatic heterocycles. The molecule has 0 unspecified atom stereocenters. The Morgan fingerprint density at radius 3 is 2.52 bits per heavy atom. The lowest BCUT2D eigenvalue weighted by Gasteiger charge is -2.30. The fraction of sp³-hybridized carbons (Fsp3) is 0.355. The number of nitrogens with one attached hydrogen (secondary N) is 1. The Bertz CT molecular complexity index is 1620. The SMILES string of the molecule is O=C1NCCc2c1cc(-c1ccnc(C=Cc3ccc(C(=O)N4CCCC4)cc3N3CCOCC3)c1)n2OC(=O)C(F)(F)F. The van der Waals surface area contributed by atoms with Crippen molar-refractivity contribution < 1.29 is 37.1 Å². The van der Waals surface area contributed by atoms with Gasteiger partial charge in [-0.2, -0.15) is 17.9 Å². The van der Waals surface area contributed by atoms with Crippen molar-refractivity contribution in [1.82, 2.24) is 19.9 Å². The van der Waals surface area contributed by atoms with Crippen molar-refractivity contribution in [3.8, 4) is 11.3 Å². The lowest BCUT2D eigenvalue weighted by atomic mass is 10.0. The Kier molecular flexibility index (Phi) is 8.13. The van der Waals surface area contributed by atoms with Gasteiger partial charge in [0.15, 0.2) is 0 Å². The van der Waals surface area contributed by atoms with Gasteiger partial charge < -0.3 is 24.7 Å². The molecule has 3 aliphatic rings. The summed E-state index contributed by atoms with van der Waals surface area (Å²) in [6, 6.07) is 10.2. The molecule has 2 aromatic heterocycles. The van der Waals surface area contributed by atoms with Gasteiger partial charge in [-0.25, -0.2) is 4.79 Å². The molecule has 13 heteroatoms. The summed E-state index contributed by atoms with van der Waals surface area (Å²) in [6.07, 6.45) is 2.07. The molecular formula is C31H30F3N5O5. The molecule has 10 nitrogen and oxygen atoms in total. The van der Waals surface area contributed by atoms with Gasteiger partial charge in [-0.3, -0.25) is 14.6 Å². The standard InChI is InChI=1S/C31H30F3N5O5/c32-31(33,34)30(42)44-39-25-8-10-36-28(40)24(25)19-27(39)21-7-9-35-23(17-21)6-5-20-3-4-22(29(41)38-11-1-2-12-38)18-26(20)37-13-15-43-16-14-37/h3-7,9,17-19H,1-2,8,10-16H2,(H,36,40). The van der Waals surface area contributed by atoms with E-state index in [0.717, 1.165) is 41.9 Å². The second-order valence-corrected chi connectivity index (χ2v) is 10.7.